The van der Waals surface area contributed by atoms with E-state index in [-0.39, 0.29) is 11.5 Å². The van der Waals surface area contributed by atoms with E-state index in [4.69, 9.17) is 4.74 Å². The molecule has 0 radical (unpaired) electrons. The van der Waals surface area contributed by atoms with E-state index in [0.717, 1.165) is 5.39 Å². The molecule has 0 amide bonds. The lowest BCUT2D eigenvalue weighted by molar-refractivity contribution is 0.0587. The highest BCUT2D eigenvalue weighted by atomic mass is 16.5. The number of esters is 1. The number of benzene rings is 1. The van der Waals surface area contributed by atoms with Crippen molar-refractivity contribution in [3.63, 3.8) is 0 Å². The van der Waals surface area contributed by atoms with Gasteiger partial charge in [0.1, 0.15) is 5.75 Å². The fourth-order valence-corrected chi connectivity index (χ4v) is 2.02. The number of nitrogens with one attached hydrogen (secondary N) is 1. The predicted octanol–water partition coefficient (Wildman–Crippen LogP) is 1.27. The quantitative estimate of drug-likeness (QED) is 0.563. The maximum absolute atomic E-state index is 12.0. The summed E-state index contributed by atoms with van der Waals surface area (Å²) in [7, 11) is 2.77. The second-order valence-electron chi connectivity index (χ2n) is 4.32. The van der Waals surface area contributed by atoms with Gasteiger partial charge in [0.15, 0.2) is 5.65 Å². The standard InChI is InChI=1S/C14H11N3O4/c1-20-8-4-3-7-5-9-11(15-10(7)6-8)16-12(14(19)21-2)17-13(9)18/h3-6H,1-2H3,(H,15,16,17,18). The van der Waals surface area contributed by atoms with E-state index in [1.165, 1.54) is 7.11 Å². The van der Waals surface area contributed by atoms with E-state index in [0.29, 0.717) is 16.7 Å². The highest BCUT2D eigenvalue weighted by molar-refractivity contribution is 5.93. The Labute approximate surface area is 118 Å². The molecule has 3 rings (SSSR count). The summed E-state index contributed by atoms with van der Waals surface area (Å²) in [5.41, 5.74) is 0.362. The third-order valence-electron chi connectivity index (χ3n) is 3.08. The average molecular weight is 285 g/mol. The summed E-state index contributed by atoms with van der Waals surface area (Å²) in [6.45, 7) is 0. The van der Waals surface area contributed by atoms with Crippen molar-refractivity contribution in [2.75, 3.05) is 14.2 Å². The fourth-order valence-electron chi connectivity index (χ4n) is 2.02. The Bertz CT molecular complexity index is 917. The molecule has 0 spiro atoms. The second kappa shape index (κ2) is 4.86. The van der Waals surface area contributed by atoms with Gasteiger partial charge in [-0.25, -0.2) is 14.8 Å². The number of H-pyrrole nitrogens is 1. The van der Waals surface area contributed by atoms with Crippen LogP contribution in [0.4, 0.5) is 0 Å². The number of aromatic nitrogens is 3. The maximum atomic E-state index is 12.0. The molecule has 0 saturated carbocycles. The molecule has 0 unspecified atom stereocenters. The van der Waals surface area contributed by atoms with Gasteiger partial charge < -0.3 is 14.5 Å². The van der Waals surface area contributed by atoms with E-state index >= 15 is 0 Å². The van der Waals surface area contributed by atoms with E-state index in [1.54, 1.807) is 31.4 Å². The van der Waals surface area contributed by atoms with Crippen LogP contribution in [0.25, 0.3) is 21.9 Å². The summed E-state index contributed by atoms with van der Waals surface area (Å²) in [5.74, 6) is -0.251. The Hall–Kier alpha value is -2.96. The number of hydrogen-bond acceptors (Lipinski definition) is 6. The molecule has 7 nitrogen and oxygen atoms in total. The summed E-state index contributed by atoms with van der Waals surface area (Å²) in [5, 5.41) is 1.08. The van der Waals surface area contributed by atoms with Crippen LogP contribution in [-0.4, -0.2) is 35.1 Å². The van der Waals surface area contributed by atoms with Crippen LogP contribution >= 0.6 is 0 Å². The van der Waals surface area contributed by atoms with Crippen LogP contribution < -0.4 is 10.3 Å². The minimum absolute atomic E-state index is 0.176. The Morgan fingerprint density at radius 3 is 2.71 bits per heavy atom. The van der Waals surface area contributed by atoms with Crippen molar-refractivity contribution in [2.45, 2.75) is 0 Å². The lowest BCUT2D eigenvalue weighted by Crippen LogP contribution is -2.17. The molecule has 21 heavy (non-hydrogen) atoms. The molecule has 0 aliphatic heterocycles. The van der Waals surface area contributed by atoms with Crippen LogP contribution in [0, 0.1) is 0 Å². The van der Waals surface area contributed by atoms with Crippen LogP contribution in [0.3, 0.4) is 0 Å². The van der Waals surface area contributed by atoms with Gasteiger partial charge in [-0.05, 0) is 18.2 Å². The number of carbonyl (C=O) groups excluding carboxylic acids is 1. The van der Waals surface area contributed by atoms with Crippen molar-refractivity contribution in [2.24, 2.45) is 0 Å². The summed E-state index contributed by atoms with van der Waals surface area (Å²) >= 11 is 0. The zero-order chi connectivity index (χ0) is 15.0. The predicted molar refractivity (Wildman–Crippen MR) is 75.6 cm³/mol. The first kappa shape index (κ1) is 13.0. The number of fused-ring (bicyclic) bond motifs is 2. The zero-order valence-corrected chi connectivity index (χ0v) is 11.3. The van der Waals surface area contributed by atoms with Gasteiger partial charge in [-0.2, -0.15) is 0 Å². The highest BCUT2D eigenvalue weighted by Gasteiger charge is 2.13. The third kappa shape index (κ3) is 2.18. The Balaban J connectivity index is 2.32. The SMILES string of the molecule is COC(=O)c1nc2nc3cc(OC)ccc3cc2c(=O)[nH]1. The van der Waals surface area contributed by atoms with E-state index in [2.05, 4.69) is 19.7 Å². The van der Waals surface area contributed by atoms with Crippen LogP contribution in [0.2, 0.25) is 0 Å². The highest BCUT2D eigenvalue weighted by Crippen LogP contribution is 2.21. The van der Waals surface area contributed by atoms with Crippen LogP contribution in [-0.2, 0) is 4.74 Å². The molecule has 1 aromatic carbocycles. The fraction of sp³-hybridized carbons (Fsp3) is 0.143. The summed E-state index contributed by atoms with van der Waals surface area (Å²) < 4.78 is 9.68. The monoisotopic (exact) mass is 285 g/mol. The molecule has 0 atom stereocenters. The lowest BCUT2D eigenvalue weighted by atomic mass is 10.2. The molecule has 0 fully saturated rings. The van der Waals surface area contributed by atoms with Gasteiger partial charge >= 0.3 is 5.97 Å². The van der Waals surface area contributed by atoms with Gasteiger partial charge in [-0.3, -0.25) is 4.79 Å². The first-order chi connectivity index (χ1) is 10.1. The first-order valence-electron chi connectivity index (χ1n) is 6.09. The van der Waals surface area contributed by atoms with Crippen molar-refractivity contribution in [3.05, 3.63) is 40.4 Å². The van der Waals surface area contributed by atoms with E-state index < -0.39 is 11.5 Å². The molecule has 2 heterocycles. The summed E-state index contributed by atoms with van der Waals surface area (Å²) in [4.78, 5) is 34.2. The van der Waals surface area contributed by atoms with Gasteiger partial charge in [-0.1, -0.05) is 0 Å². The van der Waals surface area contributed by atoms with Gasteiger partial charge in [0.05, 0.1) is 25.1 Å². The Kier molecular flexibility index (Phi) is 3.02. The number of methoxy groups -OCH3 is 2. The maximum Gasteiger partial charge on any atom is 0.374 e. The molecule has 3 aromatic rings. The van der Waals surface area contributed by atoms with E-state index in [9.17, 15) is 9.59 Å². The largest absolute Gasteiger partial charge is 0.497 e. The molecule has 0 aliphatic carbocycles. The minimum Gasteiger partial charge on any atom is -0.497 e. The topological polar surface area (TPSA) is 94.2 Å². The van der Waals surface area contributed by atoms with E-state index in [1.807, 2.05) is 0 Å². The second-order valence-corrected chi connectivity index (χ2v) is 4.32. The number of carbonyl (C=O) groups is 1. The third-order valence-corrected chi connectivity index (χ3v) is 3.08. The van der Waals surface area contributed by atoms with Crippen molar-refractivity contribution in [1.82, 2.24) is 15.0 Å². The normalized spacial score (nSPS) is 10.8. The summed E-state index contributed by atoms with van der Waals surface area (Å²) in [6.07, 6.45) is 0. The Morgan fingerprint density at radius 2 is 2.00 bits per heavy atom. The number of pyridine rings is 1. The van der Waals surface area contributed by atoms with Gasteiger partial charge in [0.25, 0.3) is 5.56 Å². The van der Waals surface area contributed by atoms with Gasteiger partial charge in [-0.15, -0.1) is 0 Å². The number of hydrogen-bond donors (Lipinski definition) is 1. The molecule has 0 bridgehead atoms. The summed E-state index contributed by atoms with van der Waals surface area (Å²) in [6, 6.07) is 6.98. The number of aromatic amines is 1. The minimum atomic E-state index is -0.721. The van der Waals surface area contributed by atoms with Gasteiger partial charge in [0.2, 0.25) is 5.82 Å². The number of nitrogens with zero attached hydrogens (tertiary/aromatic N) is 2. The number of rotatable bonds is 2. The van der Waals surface area contributed by atoms with Crippen LogP contribution in [0.1, 0.15) is 10.6 Å². The first-order valence-corrected chi connectivity index (χ1v) is 6.09. The molecular formula is C14H11N3O4. The molecular weight excluding hydrogens is 274 g/mol. The lowest BCUT2D eigenvalue weighted by Gasteiger charge is -2.04. The van der Waals surface area contributed by atoms with Crippen LogP contribution in [0.15, 0.2) is 29.1 Å². The molecule has 0 saturated heterocycles. The molecule has 2 aromatic heterocycles. The molecule has 7 heteroatoms. The van der Waals surface area contributed by atoms with Gasteiger partial charge in [0, 0.05) is 11.5 Å². The number of ether oxygens (including phenoxy) is 2. The molecule has 1 N–H and O–H groups in total. The average Bonchev–Trinajstić information content (AvgIpc) is 2.51. The molecule has 106 valence electrons. The molecule has 0 aliphatic rings. The zero-order valence-electron chi connectivity index (χ0n) is 11.3. The Morgan fingerprint density at radius 1 is 1.19 bits per heavy atom. The van der Waals surface area contributed by atoms with Crippen molar-refractivity contribution < 1.29 is 14.3 Å². The van der Waals surface area contributed by atoms with Crippen molar-refractivity contribution in [3.8, 4) is 5.75 Å². The van der Waals surface area contributed by atoms with Crippen LogP contribution in [0.5, 0.6) is 5.75 Å². The van der Waals surface area contributed by atoms with Crippen molar-refractivity contribution in [1.29, 1.82) is 0 Å². The van der Waals surface area contributed by atoms with Crippen molar-refractivity contribution >= 4 is 27.9 Å². The smallest absolute Gasteiger partial charge is 0.374 e.